The van der Waals surface area contributed by atoms with Crippen molar-refractivity contribution in [3.8, 4) is 0 Å². The summed E-state index contributed by atoms with van der Waals surface area (Å²) < 4.78 is 19.7. The van der Waals surface area contributed by atoms with E-state index in [1.54, 1.807) is 13.8 Å². The highest BCUT2D eigenvalue weighted by molar-refractivity contribution is 7.20. The van der Waals surface area contributed by atoms with E-state index in [-0.39, 0.29) is 12.0 Å². The third-order valence-corrected chi connectivity index (χ3v) is 6.36. The highest BCUT2D eigenvalue weighted by Gasteiger charge is 2.23. The molecule has 0 aliphatic rings. The number of carbonyl (C=O) groups excluding carboxylic acids is 2. The van der Waals surface area contributed by atoms with Crippen LogP contribution in [0, 0.1) is 12.7 Å². The van der Waals surface area contributed by atoms with Crippen molar-refractivity contribution in [2.24, 2.45) is 0 Å². The van der Waals surface area contributed by atoms with E-state index in [4.69, 9.17) is 4.74 Å². The zero-order chi connectivity index (χ0) is 23.5. The summed E-state index contributed by atoms with van der Waals surface area (Å²) in [5, 5.41) is 2.92. The molecule has 0 bridgehead atoms. The maximum absolute atomic E-state index is 13.2. The summed E-state index contributed by atoms with van der Waals surface area (Å²) in [4.78, 5) is 43.4. The standard InChI is InChI=1S/C24H20FN3O4S/c1-14-19-22(33-20(14)24(31)32-12-16-6-4-3-5-7-16)26-13-28(23(19)30)15(2)21(29)27-18-10-8-17(25)9-11-18/h3-11,13,15H,12H2,1-2H3,(H,27,29). The second kappa shape index (κ2) is 9.33. The van der Waals surface area contributed by atoms with Crippen LogP contribution in [0.2, 0.25) is 0 Å². The Balaban J connectivity index is 1.57. The SMILES string of the molecule is Cc1c(C(=O)OCc2ccccc2)sc2ncn(C(C)C(=O)Nc3ccc(F)cc3)c(=O)c12. The summed E-state index contributed by atoms with van der Waals surface area (Å²) in [6, 6.07) is 13.7. The summed E-state index contributed by atoms with van der Waals surface area (Å²) in [7, 11) is 0. The number of aryl methyl sites for hydroxylation is 1. The maximum atomic E-state index is 13.2. The van der Waals surface area contributed by atoms with Gasteiger partial charge in [-0.25, -0.2) is 14.2 Å². The number of thiophene rings is 1. The second-order valence-corrected chi connectivity index (χ2v) is 8.43. The zero-order valence-corrected chi connectivity index (χ0v) is 18.7. The van der Waals surface area contributed by atoms with Crippen molar-refractivity contribution in [1.82, 2.24) is 9.55 Å². The third-order valence-electron chi connectivity index (χ3n) is 5.18. The first-order valence-corrected chi connectivity index (χ1v) is 10.9. The number of nitrogens with one attached hydrogen (secondary N) is 1. The minimum absolute atomic E-state index is 0.117. The predicted molar refractivity (Wildman–Crippen MR) is 124 cm³/mol. The van der Waals surface area contributed by atoms with Crippen LogP contribution in [0.1, 0.15) is 33.8 Å². The average Bonchev–Trinajstić information content (AvgIpc) is 3.16. The number of hydrogen-bond donors (Lipinski definition) is 1. The molecule has 0 saturated carbocycles. The Labute approximate surface area is 192 Å². The molecule has 0 spiro atoms. The number of rotatable bonds is 6. The molecule has 9 heteroatoms. The molecule has 1 unspecified atom stereocenters. The topological polar surface area (TPSA) is 90.3 Å². The molecule has 0 aliphatic carbocycles. The van der Waals surface area contributed by atoms with Gasteiger partial charge < -0.3 is 10.1 Å². The van der Waals surface area contributed by atoms with Gasteiger partial charge in [0.05, 0.1) is 11.7 Å². The first-order valence-electron chi connectivity index (χ1n) is 10.1. The summed E-state index contributed by atoms with van der Waals surface area (Å²) in [5.74, 6) is -1.41. The number of fused-ring (bicyclic) bond motifs is 1. The van der Waals surface area contributed by atoms with Crippen molar-refractivity contribution in [3.05, 3.63) is 93.1 Å². The second-order valence-electron chi connectivity index (χ2n) is 7.43. The van der Waals surface area contributed by atoms with Crippen molar-refractivity contribution in [2.75, 3.05) is 5.32 Å². The van der Waals surface area contributed by atoms with E-state index in [9.17, 15) is 18.8 Å². The molecule has 2 aromatic heterocycles. The predicted octanol–water partition coefficient (Wildman–Crippen LogP) is 4.46. The average molecular weight is 466 g/mol. The van der Waals surface area contributed by atoms with E-state index in [1.807, 2.05) is 30.3 Å². The van der Waals surface area contributed by atoms with Crippen LogP contribution in [0.5, 0.6) is 0 Å². The molecule has 0 radical (unpaired) electrons. The Kier molecular flexibility index (Phi) is 6.32. The van der Waals surface area contributed by atoms with Gasteiger partial charge in [-0.3, -0.25) is 14.2 Å². The molecule has 2 heterocycles. The number of aromatic nitrogens is 2. The summed E-state index contributed by atoms with van der Waals surface area (Å²) in [6.07, 6.45) is 1.29. The molecule has 1 amide bonds. The Morgan fingerprint density at radius 3 is 2.55 bits per heavy atom. The largest absolute Gasteiger partial charge is 0.457 e. The summed E-state index contributed by atoms with van der Waals surface area (Å²) in [6.45, 7) is 3.34. The maximum Gasteiger partial charge on any atom is 0.349 e. The van der Waals surface area contributed by atoms with E-state index >= 15 is 0 Å². The molecular formula is C24H20FN3O4S. The van der Waals surface area contributed by atoms with Crippen LogP contribution in [0.3, 0.4) is 0 Å². The lowest BCUT2D eigenvalue weighted by atomic mass is 10.2. The van der Waals surface area contributed by atoms with Gasteiger partial charge in [0.15, 0.2) is 0 Å². The number of halogens is 1. The van der Waals surface area contributed by atoms with Gasteiger partial charge in [-0.05, 0) is 49.2 Å². The molecule has 168 valence electrons. The molecule has 33 heavy (non-hydrogen) atoms. The van der Waals surface area contributed by atoms with Gasteiger partial charge in [-0.15, -0.1) is 11.3 Å². The number of nitrogens with zero attached hydrogens (tertiary/aromatic N) is 2. The number of carbonyl (C=O) groups is 2. The molecule has 4 aromatic rings. The van der Waals surface area contributed by atoms with Gasteiger partial charge >= 0.3 is 5.97 Å². The van der Waals surface area contributed by atoms with Crippen LogP contribution < -0.4 is 10.9 Å². The summed E-state index contributed by atoms with van der Waals surface area (Å²) >= 11 is 1.08. The van der Waals surface area contributed by atoms with Gasteiger partial charge in [0.25, 0.3) is 5.56 Å². The van der Waals surface area contributed by atoms with Gasteiger partial charge in [-0.1, -0.05) is 30.3 Å². The van der Waals surface area contributed by atoms with E-state index in [2.05, 4.69) is 10.3 Å². The Hall–Kier alpha value is -3.85. The molecule has 4 rings (SSSR count). The van der Waals surface area contributed by atoms with Crippen LogP contribution in [0.25, 0.3) is 10.2 Å². The molecule has 1 N–H and O–H groups in total. The Bertz CT molecular complexity index is 1380. The summed E-state index contributed by atoms with van der Waals surface area (Å²) in [5.41, 5.74) is 1.29. The first kappa shape index (κ1) is 22.3. The lowest BCUT2D eigenvalue weighted by Crippen LogP contribution is -2.31. The van der Waals surface area contributed by atoms with Crippen LogP contribution in [0.15, 0.2) is 65.7 Å². The van der Waals surface area contributed by atoms with Crippen molar-refractivity contribution in [2.45, 2.75) is 26.5 Å². The van der Waals surface area contributed by atoms with Crippen LogP contribution in [0.4, 0.5) is 10.1 Å². The molecular weight excluding hydrogens is 445 g/mol. The minimum Gasteiger partial charge on any atom is -0.457 e. The van der Waals surface area contributed by atoms with Crippen molar-refractivity contribution in [3.63, 3.8) is 0 Å². The highest BCUT2D eigenvalue weighted by atomic mass is 32.1. The van der Waals surface area contributed by atoms with Gasteiger partial charge in [0.1, 0.15) is 28.2 Å². The third kappa shape index (κ3) is 4.68. The smallest absolute Gasteiger partial charge is 0.349 e. The number of hydrogen-bond acceptors (Lipinski definition) is 6. The van der Waals surface area contributed by atoms with Crippen molar-refractivity contribution < 1.29 is 18.7 Å². The normalized spacial score (nSPS) is 11.8. The quantitative estimate of drug-likeness (QED) is 0.425. The fourth-order valence-corrected chi connectivity index (χ4v) is 4.34. The molecule has 0 saturated heterocycles. The molecule has 0 aliphatic heterocycles. The Morgan fingerprint density at radius 2 is 1.85 bits per heavy atom. The lowest BCUT2D eigenvalue weighted by Gasteiger charge is -2.15. The van der Waals surface area contributed by atoms with E-state index < -0.39 is 29.3 Å². The van der Waals surface area contributed by atoms with Crippen LogP contribution in [-0.4, -0.2) is 21.4 Å². The zero-order valence-electron chi connectivity index (χ0n) is 17.9. The van der Waals surface area contributed by atoms with Gasteiger partial charge in [0, 0.05) is 5.69 Å². The monoisotopic (exact) mass is 465 g/mol. The molecule has 2 aromatic carbocycles. The number of esters is 1. The fraction of sp³-hybridized carbons (Fsp3) is 0.167. The van der Waals surface area contributed by atoms with Crippen LogP contribution in [-0.2, 0) is 16.1 Å². The molecule has 7 nitrogen and oxygen atoms in total. The number of amides is 1. The highest BCUT2D eigenvalue weighted by Crippen LogP contribution is 2.28. The van der Waals surface area contributed by atoms with E-state index in [0.29, 0.717) is 21.0 Å². The van der Waals surface area contributed by atoms with Crippen molar-refractivity contribution >= 4 is 39.1 Å². The Morgan fingerprint density at radius 1 is 1.15 bits per heavy atom. The van der Waals surface area contributed by atoms with Gasteiger partial charge in [-0.2, -0.15) is 0 Å². The lowest BCUT2D eigenvalue weighted by molar-refractivity contribution is -0.118. The van der Waals surface area contributed by atoms with E-state index in [0.717, 1.165) is 16.9 Å². The van der Waals surface area contributed by atoms with Gasteiger partial charge in [0.2, 0.25) is 5.91 Å². The number of benzene rings is 2. The number of ether oxygens (including phenoxy) is 1. The van der Waals surface area contributed by atoms with Crippen LogP contribution >= 0.6 is 11.3 Å². The fourth-order valence-electron chi connectivity index (χ4n) is 3.30. The van der Waals surface area contributed by atoms with E-state index in [1.165, 1.54) is 35.2 Å². The minimum atomic E-state index is -0.882. The first-order chi connectivity index (χ1) is 15.8. The van der Waals surface area contributed by atoms with Crippen molar-refractivity contribution in [1.29, 1.82) is 0 Å². The number of anilines is 1. The molecule has 1 atom stereocenters. The molecule has 0 fully saturated rings.